The van der Waals surface area contributed by atoms with Gasteiger partial charge in [0.2, 0.25) is 0 Å². The SMILES string of the molecule is C=CCC(C[CH2-])O[Si](C)(C)C(C)(C)C.[Zn+][I]. The fourth-order valence-electron chi connectivity index (χ4n) is 1.00. The van der Waals surface area contributed by atoms with Crippen LogP contribution in [0.1, 0.15) is 33.6 Å². The average Bonchev–Trinajstić information content (AvgIpc) is 2.18. The molecule has 0 aliphatic rings. The van der Waals surface area contributed by atoms with E-state index in [4.69, 9.17) is 4.43 Å². The van der Waals surface area contributed by atoms with Crippen LogP contribution in [0.5, 0.6) is 0 Å². The number of rotatable bonds is 5. The van der Waals surface area contributed by atoms with E-state index < -0.39 is 8.32 Å². The van der Waals surface area contributed by atoms with Crippen molar-refractivity contribution in [2.45, 2.75) is 57.8 Å². The van der Waals surface area contributed by atoms with Crippen molar-refractivity contribution in [3.8, 4) is 0 Å². The van der Waals surface area contributed by atoms with Crippen LogP contribution in [0.2, 0.25) is 18.1 Å². The van der Waals surface area contributed by atoms with Crippen LogP contribution in [-0.4, -0.2) is 14.4 Å². The van der Waals surface area contributed by atoms with E-state index in [2.05, 4.69) is 67.1 Å². The molecule has 0 fully saturated rings. The quantitative estimate of drug-likeness (QED) is 0.269. The normalized spacial score (nSPS) is 13.8. The van der Waals surface area contributed by atoms with Gasteiger partial charge in [0, 0.05) is 6.10 Å². The summed E-state index contributed by atoms with van der Waals surface area (Å²) in [4.78, 5) is 0. The fourth-order valence-corrected chi connectivity index (χ4v) is 2.41. The Labute approximate surface area is 124 Å². The van der Waals surface area contributed by atoms with Crippen molar-refractivity contribution < 1.29 is 19.2 Å². The van der Waals surface area contributed by atoms with Gasteiger partial charge in [-0.25, -0.2) is 0 Å². The predicted molar refractivity (Wildman–Crippen MR) is 80.9 cm³/mol. The first-order valence-electron chi connectivity index (χ1n) is 5.59. The van der Waals surface area contributed by atoms with Crippen LogP contribution in [0, 0.1) is 6.92 Å². The molecule has 1 unspecified atom stereocenters. The van der Waals surface area contributed by atoms with Gasteiger partial charge in [-0.3, -0.25) is 0 Å². The number of halogens is 1. The summed E-state index contributed by atoms with van der Waals surface area (Å²) in [5.74, 6) is 0. The van der Waals surface area contributed by atoms with E-state index >= 15 is 0 Å². The summed E-state index contributed by atoms with van der Waals surface area (Å²) < 4.78 is 6.20. The molecule has 0 radical (unpaired) electrons. The Bertz CT molecular complexity index is 190. The van der Waals surface area contributed by atoms with Gasteiger partial charge in [-0.2, -0.15) is 6.42 Å². The van der Waals surface area contributed by atoms with E-state index in [9.17, 15) is 0 Å². The predicted octanol–water partition coefficient (Wildman–Crippen LogP) is 5.06. The van der Waals surface area contributed by atoms with Gasteiger partial charge >= 0.3 is 34.5 Å². The molecule has 0 aromatic rings. The molecule has 0 spiro atoms. The zero-order valence-corrected chi connectivity index (χ0v) is 17.6. The molecule has 0 heterocycles. The first kappa shape index (κ1) is 19.6. The Morgan fingerprint density at radius 2 is 1.88 bits per heavy atom. The van der Waals surface area contributed by atoms with Gasteiger partial charge < -0.3 is 11.3 Å². The van der Waals surface area contributed by atoms with E-state index in [-0.39, 0.29) is 11.1 Å². The minimum absolute atomic E-state index is 0.258. The third-order valence-corrected chi connectivity index (χ3v) is 7.55. The molecule has 0 aromatic carbocycles. The van der Waals surface area contributed by atoms with E-state index in [1.54, 1.807) is 0 Å². The van der Waals surface area contributed by atoms with Gasteiger partial charge in [0.25, 0.3) is 0 Å². The van der Waals surface area contributed by atoms with Crippen molar-refractivity contribution in [2.75, 3.05) is 0 Å². The second-order valence-corrected chi connectivity index (χ2v) is 10.1. The van der Waals surface area contributed by atoms with Gasteiger partial charge in [-0.1, -0.05) is 26.8 Å². The fraction of sp³-hybridized carbons (Fsp3) is 0.750. The molecule has 92 valence electrons. The third kappa shape index (κ3) is 7.57. The second-order valence-electron chi connectivity index (χ2n) is 5.31. The summed E-state index contributed by atoms with van der Waals surface area (Å²) in [7, 11) is -1.61. The van der Waals surface area contributed by atoms with Gasteiger partial charge in [0.1, 0.15) is 0 Å². The van der Waals surface area contributed by atoms with Gasteiger partial charge in [-0.15, -0.1) is 6.58 Å². The summed E-state index contributed by atoms with van der Waals surface area (Å²) in [5.41, 5.74) is 0. The molecular formula is C12H25IOSiZn. The molecule has 0 N–H and O–H groups in total. The molecule has 4 heteroatoms. The topological polar surface area (TPSA) is 9.23 Å². The Hall–Kier alpha value is 1.27. The molecular weight excluding hydrogens is 381 g/mol. The minimum atomic E-state index is -1.61. The standard InChI is InChI=1S/C12H25OSi.HI.Zn/c1-8-10-11(9-2)13-14(6,7)12(3,4)5;;/h8,11H,1-2,9-10H2,3-7H3;1H;/q-1;;+2/p-1. The molecule has 1 atom stereocenters. The summed E-state index contributed by atoms with van der Waals surface area (Å²) in [6.07, 6.45) is 3.92. The van der Waals surface area contributed by atoms with Crippen molar-refractivity contribution >= 4 is 28.1 Å². The van der Waals surface area contributed by atoms with Crippen molar-refractivity contribution in [2.24, 2.45) is 0 Å². The van der Waals surface area contributed by atoms with Crippen LogP contribution in [0.25, 0.3) is 0 Å². The Morgan fingerprint density at radius 1 is 1.44 bits per heavy atom. The zero-order chi connectivity index (χ0) is 13.4. The Kier molecular flexibility index (Phi) is 11.3. The zero-order valence-electron chi connectivity index (χ0n) is 11.5. The Balaban J connectivity index is 0. The molecule has 0 aliphatic heterocycles. The van der Waals surface area contributed by atoms with Crippen LogP contribution < -0.4 is 0 Å². The van der Waals surface area contributed by atoms with Crippen LogP contribution >= 0.6 is 19.8 Å². The number of hydrogen-bond donors (Lipinski definition) is 0. The monoisotopic (exact) mass is 404 g/mol. The first-order chi connectivity index (χ1) is 7.24. The molecule has 0 saturated carbocycles. The van der Waals surface area contributed by atoms with E-state index in [1.165, 1.54) is 14.8 Å². The van der Waals surface area contributed by atoms with E-state index in [1.807, 2.05) is 6.08 Å². The van der Waals surface area contributed by atoms with Crippen LogP contribution in [0.4, 0.5) is 0 Å². The molecule has 0 amide bonds. The summed E-state index contributed by atoms with van der Waals surface area (Å²) in [6, 6.07) is 0. The van der Waals surface area contributed by atoms with Crippen molar-refractivity contribution in [1.82, 2.24) is 0 Å². The third-order valence-electron chi connectivity index (χ3n) is 3.02. The molecule has 0 bridgehead atoms. The van der Waals surface area contributed by atoms with E-state index in [0.717, 1.165) is 12.8 Å². The van der Waals surface area contributed by atoms with Gasteiger partial charge in [0.15, 0.2) is 8.32 Å². The maximum absolute atomic E-state index is 6.20. The van der Waals surface area contributed by atoms with Crippen molar-refractivity contribution in [1.29, 1.82) is 0 Å². The van der Waals surface area contributed by atoms with Crippen LogP contribution in [0.15, 0.2) is 12.7 Å². The molecule has 0 saturated heterocycles. The van der Waals surface area contributed by atoms with E-state index in [0.29, 0.717) is 0 Å². The molecule has 16 heavy (non-hydrogen) atoms. The average molecular weight is 406 g/mol. The maximum atomic E-state index is 6.20. The molecule has 1 nitrogen and oxygen atoms in total. The van der Waals surface area contributed by atoms with Crippen molar-refractivity contribution in [3.05, 3.63) is 19.6 Å². The molecule has 0 aromatic heterocycles. The second kappa shape index (κ2) is 9.23. The Morgan fingerprint density at radius 3 is 2.12 bits per heavy atom. The number of hydrogen-bond acceptors (Lipinski definition) is 1. The summed E-state index contributed by atoms with van der Waals surface area (Å²) in [6.45, 7) is 19.0. The molecule has 0 aliphatic carbocycles. The van der Waals surface area contributed by atoms with Crippen LogP contribution in [-0.2, 0) is 19.2 Å². The van der Waals surface area contributed by atoms with Gasteiger partial charge in [-0.05, 0) is 24.6 Å². The van der Waals surface area contributed by atoms with Gasteiger partial charge in [0.05, 0.1) is 0 Å². The summed E-state index contributed by atoms with van der Waals surface area (Å²) in [5, 5.41) is 0.279. The molecule has 0 rings (SSSR count). The summed E-state index contributed by atoms with van der Waals surface area (Å²) >= 11 is 3.62. The van der Waals surface area contributed by atoms with Crippen molar-refractivity contribution in [3.63, 3.8) is 0 Å². The first-order valence-corrected chi connectivity index (χ1v) is 17.5. The van der Waals surface area contributed by atoms with Crippen LogP contribution in [0.3, 0.4) is 0 Å².